The van der Waals surface area contributed by atoms with E-state index in [-0.39, 0.29) is 23.8 Å². The topological polar surface area (TPSA) is 49.4 Å². The van der Waals surface area contributed by atoms with Gasteiger partial charge in [-0.25, -0.2) is 0 Å². The number of hydrogen-bond donors (Lipinski definition) is 1. The minimum atomic E-state index is -0.269. The molecular formula is C17H24N2O2S. The quantitative estimate of drug-likeness (QED) is 0.927. The molecule has 0 bridgehead atoms. The molecule has 1 saturated heterocycles. The molecule has 3 rings (SSSR count). The first-order chi connectivity index (χ1) is 10.6. The molecule has 1 aromatic rings. The maximum absolute atomic E-state index is 12.5. The number of likely N-dealkylation sites (tertiary alicyclic amines) is 1. The van der Waals surface area contributed by atoms with Crippen molar-refractivity contribution in [1.82, 2.24) is 10.2 Å². The van der Waals surface area contributed by atoms with Crippen LogP contribution in [-0.4, -0.2) is 29.3 Å². The van der Waals surface area contributed by atoms with Gasteiger partial charge in [-0.2, -0.15) is 0 Å². The fraction of sp³-hybridized carbons (Fsp3) is 0.647. The van der Waals surface area contributed by atoms with Crippen LogP contribution >= 0.6 is 11.3 Å². The molecule has 1 aromatic heterocycles. The van der Waals surface area contributed by atoms with Crippen molar-refractivity contribution in [3.63, 3.8) is 0 Å². The number of thiophene rings is 1. The summed E-state index contributed by atoms with van der Waals surface area (Å²) in [6.45, 7) is 5.48. The number of nitrogens with zero attached hydrogens (tertiary/aromatic N) is 1. The largest absolute Gasteiger partial charge is 0.349 e. The Morgan fingerprint density at radius 2 is 2.18 bits per heavy atom. The predicted octanol–water partition coefficient (Wildman–Crippen LogP) is 2.71. The second-order valence-corrected chi connectivity index (χ2v) is 7.61. The Kier molecular flexibility index (Phi) is 4.52. The highest BCUT2D eigenvalue weighted by Gasteiger charge is 2.44. The molecule has 2 fully saturated rings. The first kappa shape index (κ1) is 15.5. The zero-order chi connectivity index (χ0) is 15.7. The Hall–Kier alpha value is -1.36. The smallest absolute Gasteiger partial charge is 0.243 e. The Morgan fingerprint density at radius 3 is 2.82 bits per heavy atom. The van der Waals surface area contributed by atoms with Crippen LogP contribution in [0.3, 0.4) is 0 Å². The molecule has 1 N–H and O–H groups in total. The molecule has 0 radical (unpaired) electrons. The molecule has 2 aliphatic rings. The van der Waals surface area contributed by atoms with Crippen molar-refractivity contribution in [2.45, 2.75) is 52.1 Å². The van der Waals surface area contributed by atoms with Crippen LogP contribution in [0.2, 0.25) is 0 Å². The molecule has 0 spiro atoms. The normalized spacial score (nSPS) is 27.5. The van der Waals surface area contributed by atoms with Crippen LogP contribution in [0.25, 0.3) is 0 Å². The van der Waals surface area contributed by atoms with Crippen LogP contribution in [0.5, 0.6) is 0 Å². The lowest BCUT2D eigenvalue weighted by atomic mass is 10.0. The summed E-state index contributed by atoms with van der Waals surface area (Å²) in [5.41, 5.74) is 1.22. The van der Waals surface area contributed by atoms with E-state index in [1.54, 1.807) is 11.3 Å². The van der Waals surface area contributed by atoms with Gasteiger partial charge in [0.1, 0.15) is 6.04 Å². The molecule has 120 valence electrons. The number of nitrogens with one attached hydrogen (secondary N) is 1. The van der Waals surface area contributed by atoms with Crippen molar-refractivity contribution >= 4 is 23.2 Å². The van der Waals surface area contributed by atoms with Crippen LogP contribution in [0.15, 0.2) is 11.4 Å². The number of rotatable bonds is 4. The van der Waals surface area contributed by atoms with Crippen LogP contribution in [0.4, 0.5) is 0 Å². The van der Waals surface area contributed by atoms with E-state index in [4.69, 9.17) is 0 Å². The highest BCUT2D eigenvalue weighted by molar-refractivity contribution is 7.10. The summed E-state index contributed by atoms with van der Waals surface area (Å²) in [4.78, 5) is 28.1. The number of amides is 2. The highest BCUT2D eigenvalue weighted by Crippen LogP contribution is 2.40. The van der Waals surface area contributed by atoms with Gasteiger partial charge in [-0.15, -0.1) is 11.3 Å². The third-order valence-electron chi connectivity index (χ3n) is 4.91. The van der Waals surface area contributed by atoms with Gasteiger partial charge in [0.25, 0.3) is 0 Å². The molecule has 3 unspecified atom stereocenters. The molecule has 2 heterocycles. The van der Waals surface area contributed by atoms with Crippen molar-refractivity contribution in [2.24, 2.45) is 11.8 Å². The number of carbonyl (C=O) groups is 2. The molecular weight excluding hydrogens is 296 g/mol. The molecule has 5 heteroatoms. The molecule has 22 heavy (non-hydrogen) atoms. The van der Waals surface area contributed by atoms with E-state index in [0.29, 0.717) is 12.5 Å². The molecule has 1 aliphatic heterocycles. The van der Waals surface area contributed by atoms with E-state index in [1.807, 2.05) is 10.3 Å². The summed E-state index contributed by atoms with van der Waals surface area (Å²) in [6, 6.07) is 1.80. The maximum atomic E-state index is 12.5. The lowest BCUT2D eigenvalue weighted by Gasteiger charge is -2.35. The van der Waals surface area contributed by atoms with Crippen molar-refractivity contribution < 1.29 is 9.59 Å². The third kappa shape index (κ3) is 3.19. The first-order valence-electron chi connectivity index (χ1n) is 8.19. The van der Waals surface area contributed by atoms with Gasteiger partial charge < -0.3 is 10.2 Å². The van der Waals surface area contributed by atoms with Gasteiger partial charge in [0.15, 0.2) is 0 Å². The van der Waals surface area contributed by atoms with Crippen LogP contribution in [-0.2, 0) is 16.1 Å². The second kappa shape index (κ2) is 6.41. The molecule has 2 amide bonds. The Morgan fingerprint density at radius 1 is 1.41 bits per heavy atom. The summed E-state index contributed by atoms with van der Waals surface area (Å²) < 4.78 is 0. The molecule has 4 nitrogen and oxygen atoms in total. The van der Waals surface area contributed by atoms with Crippen molar-refractivity contribution in [3.05, 3.63) is 21.9 Å². The summed E-state index contributed by atoms with van der Waals surface area (Å²) in [6.07, 6.45) is 3.82. The van der Waals surface area contributed by atoms with E-state index >= 15 is 0 Å². The van der Waals surface area contributed by atoms with Gasteiger partial charge in [-0.1, -0.05) is 6.92 Å². The van der Waals surface area contributed by atoms with Gasteiger partial charge in [0, 0.05) is 17.3 Å². The minimum Gasteiger partial charge on any atom is -0.349 e. The van der Waals surface area contributed by atoms with E-state index < -0.39 is 0 Å². The summed E-state index contributed by atoms with van der Waals surface area (Å²) >= 11 is 1.67. The van der Waals surface area contributed by atoms with Gasteiger partial charge in [0.2, 0.25) is 11.8 Å². The lowest BCUT2D eigenvalue weighted by molar-refractivity contribution is -0.143. The molecule has 1 aliphatic carbocycles. The predicted molar refractivity (Wildman–Crippen MR) is 87.5 cm³/mol. The fourth-order valence-corrected chi connectivity index (χ4v) is 4.06. The minimum absolute atomic E-state index is 0.00848. The number of aryl methyl sites for hydroxylation is 1. The van der Waals surface area contributed by atoms with Gasteiger partial charge in [-0.05, 0) is 55.5 Å². The molecule has 1 saturated carbocycles. The van der Waals surface area contributed by atoms with Gasteiger partial charge in [-0.3, -0.25) is 9.59 Å². The lowest BCUT2D eigenvalue weighted by Crippen LogP contribution is -2.52. The molecule has 0 aromatic carbocycles. The van der Waals surface area contributed by atoms with E-state index in [2.05, 4.69) is 25.2 Å². The zero-order valence-electron chi connectivity index (χ0n) is 13.3. The van der Waals surface area contributed by atoms with Crippen molar-refractivity contribution in [3.8, 4) is 0 Å². The van der Waals surface area contributed by atoms with Crippen LogP contribution in [0.1, 0.15) is 43.0 Å². The Balaban J connectivity index is 1.61. The van der Waals surface area contributed by atoms with E-state index in [1.165, 1.54) is 10.4 Å². The van der Waals surface area contributed by atoms with E-state index in [9.17, 15) is 9.59 Å². The third-order valence-corrected chi connectivity index (χ3v) is 5.93. The maximum Gasteiger partial charge on any atom is 0.243 e. The Bertz CT molecular complexity index is 569. The van der Waals surface area contributed by atoms with Crippen molar-refractivity contribution in [2.75, 3.05) is 6.54 Å². The average Bonchev–Trinajstić information content (AvgIpc) is 3.12. The van der Waals surface area contributed by atoms with Gasteiger partial charge >= 0.3 is 0 Å². The second-order valence-electron chi connectivity index (χ2n) is 6.61. The van der Waals surface area contributed by atoms with Crippen LogP contribution < -0.4 is 5.32 Å². The van der Waals surface area contributed by atoms with E-state index in [0.717, 1.165) is 32.2 Å². The average molecular weight is 320 g/mol. The van der Waals surface area contributed by atoms with Crippen LogP contribution in [0, 0.1) is 18.8 Å². The summed E-state index contributed by atoms with van der Waals surface area (Å²) in [5, 5.41) is 5.07. The molecule has 3 atom stereocenters. The fourth-order valence-electron chi connectivity index (χ4n) is 3.22. The highest BCUT2D eigenvalue weighted by atomic mass is 32.1. The van der Waals surface area contributed by atoms with Crippen molar-refractivity contribution in [1.29, 1.82) is 0 Å². The first-order valence-corrected chi connectivity index (χ1v) is 9.07. The van der Waals surface area contributed by atoms with Gasteiger partial charge in [0.05, 0.1) is 6.54 Å². The standard InChI is InChI=1S/C17H24N2O2S/c1-11-6-8-22-15(11)10-18-16(20)14-5-3-4-7-19(14)17(21)13-9-12(13)2/h6,8,12-14H,3-5,7,9-10H2,1-2H3,(H,18,20). The number of hydrogen-bond acceptors (Lipinski definition) is 3. The Labute approximate surface area is 135 Å². The number of carbonyl (C=O) groups excluding carboxylic acids is 2. The summed E-state index contributed by atoms with van der Waals surface area (Å²) in [5.74, 6) is 0.855. The SMILES string of the molecule is Cc1ccsc1CNC(=O)C1CCCCN1C(=O)C1CC1C. The zero-order valence-corrected chi connectivity index (χ0v) is 14.1. The monoisotopic (exact) mass is 320 g/mol. The number of piperidine rings is 1. The summed E-state index contributed by atoms with van der Waals surface area (Å²) in [7, 11) is 0.